The first-order valence-electron chi connectivity index (χ1n) is 11.7. The van der Waals surface area contributed by atoms with Gasteiger partial charge in [0.2, 0.25) is 0 Å². The SMILES string of the molecule is COC(=O)[C@@H]1CCN(C(=O)OC(C)(C)C)[C@@H]1C.COC(=O)[C@H]1CCN(C(=O)OC(C)(C)C)[C@@H]1C. The molecule has 2 fully saturated rings. The van der Waals surface area contributed by atoms with Crippen molar-refractivity contribution in [2.45, 2.75) is 91.5 Å². The van der Waals surface area contributed by atoms with Crippen LogP contribution in [0.5, 0.6) is 0 Å². The van der Waals surface area contributed by atoms with Crippen molar-refractivity contribution in [3.63, 3.8) is 0 Å². The topological polar surface area (TPSA) is 112 Å². The second-order valence-corrected chi connectivity index (χ2v) is 10.7. The second kappa shape index (κ2) is 11.8. The molecule has 0 aromatic carbocycles. The standard InChI is InChI=1S/2C12H21NO4/c2*1-8-9(10(14)16-5)6-7-13(8)11(15)17-12(2,3)4/h2*8-9H,6-7H2,1-5H3/t8-,9+;8-,9-/m11/s1. The van der Waals surface area contributed by atoms with Gasteiger partial charge in [-0.25, -0.2) is 9.59 Å². The summed E-state index contributed by atoms with van der Waals surface area (Å²) >= 11 is 0. The van der Waals surface area contributed by atoms with Gasteiger partial charge in [-0.15, -0.1) is 0 Å². The Balaban J connectivity index is 0.000000340. The lowest BCUT2D eigenvalue weighted by Gasteiger charge is -2.27. The van der Waals surface area contributed by atoms with E-state index in [0.717, 1.165) is 0 Å². The Bertz CT molecular complexity index is 678. The van der Waals surface area contributed by atoms with Crippen LogP contribution in [-0.2, 0) is 28.5 Å². The molecule has 0 saturated carbocycles. The number of carbonyl (C=O) groups is 4. The highest BCUT2D eigenvalue weighted by molar-refractivity contribution is 5.77. The summed E-state index contributed by atoms with van der Waals surface area (Å²) in [4.78, 5) is 49.9. The fourth-order valence-electron chi connectivity index (χ4n) is 3.97. The molecule has 0 aromatic rings. The fourth-order valence-corrected chi connectivity index (χ4v) is 3.97. The molecule has 0 unspecified atom stereocenters. The lowest BCUT2D eigenvalue weighted by atomic mass is 10.0. The third-order valence-electron chi connectivity index (χ3n) is 5.77. The monoisotopic (exact) mass is 486 g/mol. The smallest absolute Gasteiger partial charge is 0.410 e. The van der Waals surface area contributed by atoms with E-state index in [1.165, 1.54) is 14.2 Å². The summed E-state index contributed by atoms with van der Waals surface area (Å²) in [6.45, 7) is 15.7. The number of hydrogen-bond acceptors (Lipinski definition) is 8. The zero-order valence-corrected chi connectivity index (χ0v) is 22.3. The van der Waals surface area contributed by atoms with Crippen LogP contribution in [0.15, 0.2) is 0 Å². The Morgan fingerprint density at radius 2 is 0.941 bits per heavy atom. The number of likely N-dealkylation sites (tertiary alicyclic amines) is 2. The van der Waals surface area contributed by atoms with Gasteiger partial charge < -0.3 is 28.7 Å². The molecule has 10 nitrogen and oxygen atoms in total. The normalized spacial score (nSPS) is 24.6. The summed E-state index contributed by atoms with van der Waals surface area (Å²) in [5.74, 6) is -1.01. The number of carbonyl (C=O) groups excluding carboxylic acids is 4. The maximum atomic E-state index is 11.9. The number of nitrogens with zero attached hydrogens (tertiary/aromatic N) is 2. The molecule has 0 aromatic heterocycles. The molecular weight excluding hydrogens is 444 g/mol. The van der Waals surface area contributed by atoms with Gasteiger partial charge in [0, 0.05) is 25.2 Å². The van der Waals surface area contributed by atoms with Crippen LogP contribution < -0.4 is 0 Å². The van der Waals surface area contributed by atoms with Crippen molar-refractivity contribution < 1.29 is 38.1 Å². The molecule has 0 spiro atoms. The number of rotatable bonds is 2. The lowest BCUT2D eigenvalue weighted by Crippen LogP contribution is -2.41. The van der Waals surface area contributed by atoms with Crippen molar-refractivity contribution in [2.75, 3.05) is 27.3 Å². The van der Waals surface area contributed by atoms with E-state index < -0.39 is 11.2 Å². The Labute approximate surface area is 203 Å². The van der Waals surface area contributed by atoms with Crippen LogP contribution in [-0.4, -0.2) is 84.5 Å². The van der Waals surface area contributed by atoms with Crippen molar-refractivity contribution in [3.05, 3.63) is 0 Å². The van der Waals surface area contributed by atoms with Gasteiger partial charge in [-0.05, 0) is 68.2 Å². The minimum atomic E-state index is -0.514. The molecule has 0 bridgehead atoms. The molecule has 0 aliphatic carbocycles. The summed E-state index contributed by atoms with van der Waals surface area (Å²) < 4.78 is 20.0. The molecule has 10 heteroatoms. The molecule has 4 atom stereocenters. The first-order valence-corrected chi connectivity index (χ1v) is 11.7. The van der Waals surface area contributed by atoms with E-state index in [2.05, 4.69) is 0 Å². The summed E-state index contributed by atoms with van der Waals surface area (Å²) in [6.07, 6.45) is 0.535. The lowest BCUT2D eigenvalue weighted by molar-refractivity contribution is -0.146. The predicted octanol–water partition coefficient (Wildman–Crippen LogP) is 3.61. The van der Waals surface area contributed by atoms with E-state index in [-0.39, 0.29) is 48.0 Å². The highest BCUT2D eigenvalue weighted by atomic mass is 16.6. The van der Waals surface area contributed by atoms with Gasteiger partial charge in [0.1, 0.15) is 11.2 Å². The van der Waals surface area contributed by atoms with Crippen LogP contribution in [0.25, 0.3) is 0 Å². The van der Waals surface area contributed by atoms with E-state index in [1.807, 2.05) is 55.4 Å². The molecule has 0 radical (unpaired) electrons. The third kappa shape index (κ3) is 8.36. The van der Waals surface area contributed by atoms with Crippen molar-refractivity contribution >= 4 is 24.1 Å². The molecule has 196 valence electrons. The largest absolute Gasteiger partial charge is 0.469 e. The molecule has 2 rings (SSSR count). The number of esters is 2. The summed E-state index contributed by atoms with van der Waals surface area (Å²) in [5.41, 5.74) is -1.03. The van der Waals surface area contributed by atoms with Crippen LogP contribution in [0.1, 0.15) is 68.2 Å². The van der Waals surface area contributed by atoms with Gasteiger partial charge in [0.05, 0.1) is 26.1 Å². The average molecular weight is 487 g/mol. The van der Waals surface area contributed by atoms with Crippen molar-refractivity contribution in [2.24, 2.45) is 11.8 Å². The van der Waals surface area contributed by atoms with Crippen LogP contribution in [0, 0.1) is 11.8 Å². The van der Waals surface area contributed by atoms with E-state index in [9.17, 15) is 19.2 Å². The van der Waals surface area contributed by atoms with E-state index >= 15 is 0 Å². The number of methoxy groups -OCH3 is 2. The summed E-state index contributed by atoms with van der Waals surface area (Å²) in [7, 11) is 2.73. The van der Waals surface area contributed by atoms with E-state index in [0.29, 0.717) is 25.9 Å². The Morgan fingerprint density at radius 3 is 1.18 bits per heavy atom. The van der Waals surface area contributed by atoms with E-state index in [1.54, 1.807) is 9.80 Å². The zero-order valence-electron chi connectivity index (χ0n) is 22.3. The van der Waals surface area contributed by atoms with Crippen LogP contribution in [0.2, 0.25) is 0 Å². The van der Waals surface area contributed by atoms with Gasteiger partial charge >= 0.3 is 24.1 Å². The molecule has 2 aliphatic heterocycles. The highest BCUT2D eigenvalue weighted by Crippen LogP contribution is 2.28. The Morgan fingerprint density at radius 1 is 0.647 bits per heavy atom. The maximum absolute atomic E-state index is 11.9. The van der Waals surface area contributed by atoms with Crippen molar-refractivity contribution in [1.29, 1.82) is 0 Å². The minimum absolute atomic E-state index is 0.169. The first-order chi connectivity index (χ1) is 15.5. The van der Waals surface area contributed by atoms with Gasteiger partial charge in [-0.3, -0.25) is 9.59 Å². The summed E-state index contributed by atoms with van der Waals surface area (Å²) in [6, 6.07) is -0.338. The van der Waals surface area contributed by atoms with Gasteiger partial charge in [-0.1, -0.05) is 0 Å². The number of hydrogen-bond donors (Lipinski definition) is 0. The molecule has 2 heterocycles. The van der Waals surface area contributed by atoms with Crippen LogP contribution in [0.3, 0.4) is 0 Å². The third-order valence-corrected chi connectivity index (χ3v) is 5.77. The Kier molecular flexibility index (Phi) is 10.2. The molecule has 34 heavy (non-hydrogen) atoms. The average Bonchev–Trinajstić information content (AvgIpc) is 3.27. The van der Waals surface area contributed by atoms with Gasteiger partial charge in [0.25, 0.3) is 0 Å². The molecule has 2 amide bonds. The fraction of sp³-hybridized carbons (Fsp3) is 0.833. The molecule has 2 aliphatic rings. The number of ether oxygens (including phenoxy) is 4. The maximum Gasteiger partial charge on any atom is 0.410 e. The second-order valence-electron chi connectivity index (χ2n) is 10.7. The van der Waals surface area contributed by atoms with Crippen LogP contribution >= 0.6 is 0 Å². The first kappa shape index (κ1) is 29.5. The zero-order chi connectivity index (χ0) is 26.4. The molecule has 2 saturated heterocycles. The summed E-state index contributed by atoms with van der Waals surface area (Å²) in [5, 5.41) is 0. The quantitative estimate of drug-likeness (QED) is 0.430. The molecule has 0 N–H and O–H groups in total. The highest BCUT2D eigenvalue weighted by Gasteiger charge is 2.41. The Hall–Kier alpha value is -2.52. The van der Waals surface area contributed by atoms with Crippen molar-refractivity contribution in [1.82, 2.24) is 9.80 Å². The van der Waals surface area contributed by atoms with Gasteiger partial charge in [0.15, 0.2) is 0 Å². The van der Waals surface area contributed by atoms with E-state index in [4.69, 9.17) is 18.9 Å². The minimum Gasteiger partial charge on any atom is -0.469 e. The van der Waals surface area contributed by atoms with Crippen LogP contribution in [0.4, 0.5) is 9.59 Å². The predicted molar refractivity (Wildman–Crippen MR) is 125 cm³/mol. The van der Waals surface area contributed by atoms with Crippen molar-refractivity contribution in [3.8, 4) is 0 Å². The molecular formula is C24H42N2O8. The van der Waals surface area contributed by atoms with Gasteiger partial charge in [-0.2, -0.15) is 0 Å². The number of amides is 2.